The first-order valence-corrected chi connectivity index (χ1v) is 7.95. The minimum Gasteiger partial charge on any atom is -0.355 e. The van der Waals surface area contributed by atoms with Gasteiger partial charge in [0, 0.05) is 25.8 Å². The number of hydrogen-bond acceptors (Lipinski definition) is 2. The zero-order valence-electron chi connectivity index (χ0n) is 9.84. The maximum atomic E-state index is 11.6. The number of carbonyl (C=O) groups excluding carboxylic acids is 1. The number of carbonyl (C=O) groups is 1. The molecule has 94 valence electrons. The van der Waals surface area contributed by atoms with Crippen molar-refractivity contribution in [1.29, 1.82) is 0 Å². The summed E-state index contributed by atoms with van der Waals surface area (Å²) in [5.74, 6) is -0.110. The zero-order valence-corrected chi connectivity index (χ0v) is 15.3. The summed E-state index contributed by atoms with van der Waals surface area (Å²) in [5, 5.41) is 4.74. The highest BCUT2D eigenvalue weighted by Crippen LogP contribution is 2.28. The molecular formula is C12H11I2N2OP. The largest absolute Gasteiger partial charge is 0.355 e. The van der Waals surface area contributed by atoms with Crippen LogP contribution in [-0.2, 0) is 0 Å². The number of benzene rings is 1. The molecule has 1 amide bonds. The van der Waals surface area contributed by atoms with Gasteiger partial charge in [-0.25, -0.2) is 0 Å². The number of nitrogens with one attached hydrogen (secondary N) is 1. The lowest BCUT2D eigenvalue weighted by Crippen LogP contribution is -2.18. The third-order valence-electron chi connectivity index (χ3n) is 2.79. The van der Waals surface area contributed by atoms with E-state index in [9.17, 15) is 4.79 Å². The molecule has 0 aliphatic heterocycles. The van der Waals surface area contributed by atoms with Gasteiger partial charge in [-0.2, -0.15) is 0 Å². The molecule has 0 saturated heterocycles. The van der Waals surface area contributed by atoms with Crippen LogP contribution < -0.4 is 10.6 Å². The van der Waals surface area contributed by atoms with Crippen molar-refractivity contribution < 1.29 is 4.79 Å². The summed E-state index contributed by atoms with van der Waals surface area (Å²) in [6, 6.07) is 1.90. The van der Waals surface area contributed by atoms with E-state index in [4.69, 9.17) is 0 Å². The monoisotopic (exact) mass is 484 g/mol. The van der Waals surface area contributed by atoms with Crippen LogP contribution in [0.4, 0.5) is 0 Å². The van der Waals surface area contributed by atoms with Gasteiger partial charge in [-0.05, 0) is 69.0 Å². The fourth-order valence-corrected chi connectivity index (χ4v) is 3.76. The van der Waals surface area contributed by atoms with Gasteiger partial charge in [0.25, 0.3) is 5.91 Å². The Kier molecular flexibility index (Phi) is 4.44. The Morgan fingerprint density at radius 1 is 1.39 bits per heavy atom. The maximum Gasteiger partial charge on any atom is 0.252 e. The molecule has 0 spiro atoms. The van der Waals surface area contributed by atoms with Crippen molar-refractivity contribution in [3.63, 3.8) is 0 Å². The first-order valence-electron chi connectivity index (χ1n) is 5.22. The van der Waals surface area contributed by atoms with Gasteiger partial charge in [0.2, 0.25) is 0 Å². The van der Waals surface area contributed by atoms with Crippen molar-refractivity contribution in [2.45, 2.75) is 6.92 Å². The standard InChI is InChI=1S/C12H11I2N2OP/c1-5-8(13)9(14)7-3-6(12(17)15-2)4-16-10(7)11(5)18/h3-4H,18H2,1-2H3,(H,15,17). The van der Waals surface area contributed by atoms with Crippen LogP contribution >= 0.6 is 54.4 Å². The van der Waals surface area contributed by atoms with Crippen LogP contribution in [-0.4, -0.2) is 17.9 Å². The Morgan fingerprint density at radius 3 is 2.67 bits per heavy atom. The van der Waals surface area contributed by atoms with E-state index >= 15 is 0 Å². The molecule has 1 atom stereocenters. The molecule has 18 heavy (non-hydrogen) atoms. The number of halogens is 2. The number of fused-ring (bicyclic) bond motifs is 1. The molecule has 1 heterocycles. The highest BCUT2D eigenvalue weighted by Gasteiger charge is 2.14. The van der Waals surface area contributed by atoms with Crippen LogP contribution in [0, 0.1) is 14.1 Å². The van der Waals surface area contributed by atoms with Crippen molar-refractivity contribution in [2.75, 3.05) is 7.05 Å². The highest BCUT2D eigenvalue weighted by atomic mass is 127. The Bertz CT molecular complexity index is 658. The normalized spacial score (nSPS) is 10.7. The van der Waals surface area contributed by atoms with Crippen LogP contribution in [0.15, 0.2) is 12.3 Å². The summed E-state index contributed by atoms with van der Waals surface area (Å²) in [6.45, 7) is 2.08. The predicted molar refractivity (Wildman–Crippen MR) is 94.6 cm³/mol. The Labute approximate surface area is 135 Å². The van der Waals surface area contributed by atoms with Crippen molar-refractivity contribution in [1.82, 2.24) is 10.3 Å². The second-order valence-electron chi connectivity index (χ2n) is 3.87. The molecule has 0 aliphatic rings. The molecule has 0 bridgehead atoms. The topological polar surface area (TPSA) is 42.0 Å². The molecule has 3 nitrogen and oxygen atoms in total. The van der Waals surface area contributed by atoms with Gasteiger partial charge in [0.1, 0.15) is 0 Å². The second-order valence-corrected chi connectivity index (χ2v) is 6.60. The summed E-state index contributed by atoms with van der Waals surface area (Å²) in [5.41, 5.74) is 2.75. The number of hydrogen-bond donors (Lipinski definition) is 1. The van der Waals surface area contributed by atoms with Crippen LogP contribution in [0.3, 0.4) is 0 Å². The Hall–Kier alpha value is -0.0100. The molecule has 1 aromatic carbocycles. The third-order valence-corrected chi connectivity index (χ3v) is 7.00. The van der Waals surface area contributed by atoms with E-state index in [2.05, 4.69) is 71.6 Å². The van der Waals surface area contributed by atoms with E-state index in [1.807, 2.05) is 6.07 Å². The minimum absolute atomic E-state index is 0.110. The predicted octanol–water partition coefficient (Wildman–Crippen LogP) is 2.61. The summed E-state index contributed by atoms with van der Waals surface area (Å²) in [6.07, 6.45) is 1.62. The fourth-order valence-electron chi connectivity index (χ4n) is 1.69. The van der Waals surface area contributed by atoms with Gasteiger partial charge in [-0.3, -0.25) is 9.78 Å². The summed E-state index contributed by atoms with van der Waals surface area (Å²) >= 11 is 4.64. The lowest BCUT2D eigenvalue weighted by Gasteiger charge is -2.11. The molecule has 1 aromatic heterocycles. The SMILES string of the molecule is CNC(=O)c1cnc2c(P)c(C)c(I)c(I)c2c1. The number of rotatable bonds is 1. The van der Waals surface area contributed by atoms with E-state index in [1.54, 1.807) is 13.2 Å². The van der Waals surface area contributed by atoms with E-state index in [0.717, 1.165) is 19.8 Å². The van der Waals surface area contributed by atoms with Gasteiger partial charge < -0.3 is 5.32 Å². The fraction of sp³-hybridized carbons (Fsp3) is 0.167. The van der Waals surface area contributed by atoms with Crippen LogP contribution in [0.5, 0.6) is 0 Å². The van der Waals surface area contributed by atoms with Crippen molar-refractivity contribution in [3.05, 3.63) is 30.5 Å². The summed E-state index contributed by atoms with van der Waals surface area (Å²) < 4.78 is 2.35. The average Bonchev–Trinajstić information content (AvgIpc) is 2.41. The van der Waals surface area contributed by atoms with Gasteiger partial charge in [-0.15, -0.1) is 9.24 Å². The van der Waals surface area contributed by atoms with E-state index in [0.29, 0.717) is 5.56 Å². The van der Waals surface area contributed by atoms with Crippen LogP contribution in [0.2, 0.25) is 0 Å². The molecule has 2 aromatic rings. The highest BCUT2D eigenvalue weighted by molar-refractivity contribution is 14.1. The Balaban J connectivity index is 2.82. The molecule has 0 radical (unpaired) electrons. The van der Waals surface area contributed by atoms with Gasteiger partial charge in [0.05, 0.1) is 11.1 Å². The number of pyridine rings is 1. The molecule has 0 aliphatic carbocycles. The number of aromatic nitrogens is 1. The number of nitrogens with zero attached hydrogens (tertiary/aromatic N) is 1. The van der Waals surface area contributed by atoms with E-state index in [-0.39, 0.29) is 5.91 Å². The lowest BCUT2D eigenvalue weighted by atomic mass is 10.1. The molecule has 2 rings (SSSR count). The smallest absolute Gasteiger partial charge is 0.252 e. The van der Waals surface area contributed by atoms with E-state index in [1.165, 1.54) is 9.13 Å². The number of amides is 1. The first kappa shape index (κ1) is 14.4. The Morgan fingerprint density at radius 2 is 2.06 bits per heavy atom. The van der Waals surface area contributed by atoms with Crippen molar-refractivity contribution in [2.24, 2.45) is 0 Å². The van der Waals surface area contributed by atoms with Gasteiger partial charge in [0.15, 0.2) is 0 Å². The van der Waals surface area contributed by atoms with Crippen molar-refractivity contribution in [3.8, 4) is 0 Å². The lowest BCUT2D eigenvalue weighted by molar-refractivity contribution is 0.0963. The van der Waals surface area contributed by atoms with Crippen molar-refractivity contribution >= 4 is 76.5 Å². The van der Waals surface area contributed by atoms with Crippen LogP contribution in [0.1, 0.15) is 15.9 Å². The average molecular weight is 484 g/mol. The quantitative estimate of drug-likeness (QED) is 0.500. The molecule has 0 saturated carbocycles. The molecule has 1 unspecified atom stereocenters. The van der Waals surface area contributed by atoms with Gasteiger partial charge in [-0.1, -0.05) is 0 Å². The minimum atomic E-state index is -0.110. The summed E-state index contributed by atoms with van der Waals surface area (Å²) in [4.78, 5) is 16.1. The first-order chi connectivity index (χ1) is 8.47. The van der Waals surface area contributed by atoms with E-state index < -0.39 is 0 Å². The molecular weight excluding hydrogens is 473 g/mol. The van der Waals surface area contributed by atoms with Gasteiger partial charge >= 0.3 is 0 Å². The second kappa shape index (κ2) is 5.54. The maximum absolute atomic E-state index is 11.6. The molecule has 0 fully saturated rings. The van der Waals surface area contributed by atoms with Crippen LogP contribution in [0.25, 0.3) is 10.9 Å². The molecule has 6 heteroatoms. The third kappa shape index (κ3) is 2.36. The zero-order chi connectivity index (χ0) is 13.4. The summed E-state index contributed by atoms with van der Waals surface area (Å²) in [7, 11) is 4.36. The molecule has 1 N–H and O–H groups in total.